The molecule has 0 aliphatic carbocycles. The van der Waals surface area contributed by atoms with Gasteiger partial charge in [0.25, 0.3) is 10.1 Å². The lowest BCUT2D eigenvalue weighted by Gasteiger charge is -2.14. The Balaban J connectivity index is 1.65. The first kappa shape index (κ1) is 23.7. The van der Waals surface area contributed by atoms with Gasteiger partial charge >= 0.3 is 0 Å². The Morgan fingerprint density at radius 2 is 1.59 bits per heavy atom. The molecule has 0 amide bonds. The minimum absolute atomic E-state index is 0.0776. The zero-order chi connectivity index (χ0) is 21.3. The van der Waals surface area contributed by atoms with Crippen molar-refractivity contribution in [2.75, 3.05) is 33.0 Å². The van der Waals surface area contributed by atoms with Gasteiger partial charge in [-0.2, -0.15) is 8.42 Å². The fourth-order valence-corrected chi connectivity index (χ4v) is 4.01. The predicted molar refractivity (Wildman–Crippen MR) is 111 cm³/mol. The maximum atomic E-state index is 12.0. The van der Waals surface area contributed by atoms with Crippen molar-refractivity contribution in [3.63, 3.8) is 0 Å². The van der Waals surface area contributed by atoms with Gasteiger partial charge in [0.1, 0.15) is 5.25 Å². The number of hydrogen-bond acceptors (Lipinski definition) is 6. The maximum absolute atomic E-state index is 12.0. The first-order chi connectivity index (χ1) is 13.8. The largest absolute Gasteiger partial charge is 0.377 e. The van der Waals surface area contributed by atoms with Crippen LogP contribution in [0.2, 0.25) is 0 Å². The van der Waals surface area contributed by atoms with Crippen LogP contribution in [0.3, 0.4) is 0 Å². The van der Waals surface area contributed by atoms with E-state index in [1.165, 1.54) is 12.1 Å². The third-order valence-corrected chi connectivity index (χ3v) is 6.30. The van der Waals surface area contributed by atoms with Gasteiger partial charge in [-0.3, -0.25) is 4.18 Å². The van der Waals surface area contributed by atoms with Crippen molar-refractivity contribution in [1.82, 2.24) is 0 Å². The Bertz CT molecular complexity index is 895. The van der Waals surface area contributed by atoms with Crippen LogP contribution in [-0.2, 0) is 34.9 Å². The molecule has 0 aliphatic heterocycles. The average molecular weight is 443 g/mol. The van der Waals surface area contributed by atoms with Gasteiger partial charge in [-0.05, 0) is 31.5 Å². The quantitative estimate of drug-likeness (QED) is 0.306. The fraction of sp³-hybridized carbons (Fsp3) is 0.400. The molecule has 9 heteroatoms. The zero-order valence-electron chi connectivity index (χ0n) is 16.4. The smallest absolute Gasteiger partial charge is 0.297 e. The van der Waals surface area contributed by atoms with Crippen LogP contribution in [-0.4, -0.2) is 50.2 Å². The van der Waals surface area contributed by atoms with Gasteiger partial charge in [0.05, 0.1) is 37.9 Å². The van der Waals surface area contributed by atoms with Gasteiger partial charge in [0.2, 0.25) is 0 Å². The molecule has 2 aromatic rings. The molecule has 0 saturated heterocycles. The van der Waals surface area contributed by atoms with E-state index in [0.29, 0.717) is 0 Å². The molecule has 0 bridgehead atoms. The van der Waals surface area contributed by atoms with Crippen LogP contribution in [0.25, 0.3) is 0 Å². The third kappa shape index (κ3) is 7.96. The first-order valence-electron chi connectivity index (χ1n) is 9.07. The van der Waals surface area contributed by atoms with E-state index in [0.717, 1.165) is 16.7 Å². The highest BCUT2D eigenvalue weighted by atomic mass is 32.2. The second kappa shape index (κ2) is 11.5. The molecule has 7 nitrogen and oxygen atoms in total. The summed E-state index contributed by atoms with van der Waals surface area (Å²) < 4.78 is 60.8. The second-order valence-corrected chi connectivity index (χ2v) is 9.19. The normalized spacial score (nSPS) is 13.9. The standard InChI is InChI=1S/C20H26O7S2/c1-16-6-8-19(9-7-16)29(23,24)27-13-12-25-10-11-26-15-20(28(21)22)18-5-3-4-17(2)14-18/h3-9,14,20H,10-13,15H2,1-2H3,(H,21,22). The van der Waals surface area contributed by atoms with Crippen LogP contribution in [0.5, 0.6) is 0 Å². The molecule has 0 aliphatic rings. The molecule has 0 heterocycles. The molecular formula is C20H26O7S2. The van der Waals surface area contributed by atoms with Crippen molar-refractivity contribution >= 4 is 21.2 Å². The Morgan fingerprint density at radius 1 is 0.931 bits per heavy atom. The minimum atomic E-state index is -3.80. The zero-order valence-corrected chi connectivity index (χ0v) is 18.1. The molecule has 0 saturated carbocycles. The molecular weight excluding hydrogens is 416 g/mol. The van der Waals surface area contributed by atoms with E-state index in [4.69, 9.17) is 13.7 Å². The summed E-state index contributed by atoms with van der Waals surface area (Å²) >= 11 is -2.06. The SMILES string of the molecule is Cc1ccc(S(=O)(=O)OCCOCCOCC(c2cccc(C)c2)S(=O)O)cc1. The topological polar surface area (TPSA) is 99.1 Å². The molecule has 2 aromatic carbocycles. The summed E-state index contributed by atoms with van der Waals surface area (Å²) in [6.07, 6.45) is 0. The molecule has 0 fully saturated rings. The van der Waals surface area contributed by atoms with Crippen molar-refractivity contribution in [3.8, 4) is 0 Å². The summed E-state index contributed by atoms with van der Waals surface area (Å²) in [5.74, 6) is 0. The Morgan fingerprint density at radius 3 is 2.24 bits per heavy atom. The first-order valence-corrected chi connectivity index (χ1v) is 11.7. The van der Waals surface area contributed by atoms with Gasteiger partial charge in [-0.1, -0.05) is 47.5 Å². The van der Waals surface area contributed by atoms with E-state index in [1.807, 2.05) is 32.0 Å². The summed E-state index contributed by atoms with van der Waals surface area (Å²) in [4.78, 5) is 0.102. The number of aryl methyl sites for hydroxylation is 2. The molecule has 160 valence electrons. The van der Waals surface area contributed by atoms with Gasteiger partial charge in [0, 0.05) is 0 Å². The third-order valence-electron chi connectivity index (χ3n) is 4.07. The van der Waals surface area contributed by atoms with E-state index in [-0.39, 0.29) is 37.9 Å². The second-order valence-electron chi connectivity index (χ2n) is 6.46. The van der Waals surface area contributed by atoms with Gasteiger partial charge < -0.3 is 14.0 Å². The Labute approximate surface area is 174 Å². The van der Waals surface area contributed by atoms with Crippen LogP contribution in [0.4, 0.5) is 0 Å². The number of rotatable bonds is 12. The van der Waals surface area contributed by atoms with Crippen LogP contribution in [0.1, 0.15) is 21.9 Å². The molecule has 2 rings (SSSR count). The highest BCUT2D eigenvalue weighted by Gasteiger charge is 2.18. The summed E-state index contributed by atoms with van der Waals surface area (Å²) in [5.41, 5.74) is 2.70. The lowest BCUT2D eigenvalue weighted by atomic mass is 10.1. The Kier molecular flexibility index (Phi) is 9.41. The summed E-state index contributed by atoms with van der Waals surface area (Å²) in [5, 5.41) is -0.641. The number of benzene rings is 2. The molecule has 29 heavy (non-hydrogen) atoms. The van der Waals surface area contributed by atoms with Crippen molar-refractivity contribution < 1.29 is 30.8 Å². The maximum Gasteiger partial charge on any atom is 0.297 e. The lowest BCUT2D eigenvalue weighted by Crippen LogP contribution is -2.17. The molecule has 2 unspecified atom stereocenters. The highest BCUT2D eigenvalue weighted by molar-refractivity contribution is 7.86. The molecule has 0 aromatic heterocycles. The van der Waals surface area contributed by atoms with Crippen LogP contribution in [0, 0.1) is 13.8 Å². The van der Waals surface area contributed by atoms with E-state index in [1.54, 1.807) is 18.2 Å². The van der Waals surface area contributed by atoms with Gasteiger partial charge in [0.15, 0.2) is 11.1 Å². The van der Waals surface area contributed by atoms with Crippen molar-refractivity contribution in [3.05, 3.63) is 65.2 Å². The minimum Gasteiger partial charge on any atom is -0.377 e. The highest BCUT2D eigenvalue weighted by Crippen LogP contribution is 2.20. The fourth-order valence-electron chi connectivity index (χ4n) is 2.53. The molecule has 1 N–H and O–H groups in total. The Hall–Kier alpha value is -1.62. The van der Waals surface area contributed by atoms with Crippen LogP contribution in [0.15, 0.2) is 53.4 Å². The molecule has 0 radical (unpaired) electrons. The van der Waals surface area contributed by atoms with E-state index >= 15 is 0 Å². The summed E-state index contributed by atoms with van der Waals surface area (Å²) in [6, 6.07) is 13.8. The van der Waals surface area contributed by atoms with E-state index in [2.05, 4.69) is 0 Å². The predicted octanol–water partition coefficient (Wildman–Crippen LogP) is 3.00. The van der Waals surface area contributed by atoms with Gasteiger partial charge in [-0.25, -0.2) is 4.21 Å². The number of hydrogen-bond donors (Lipinski definition) is 1. The van der Waals surface area contributed by atoms with Crippen LogP contribution < -0.4 is 0 Å². The molecule has 0 spiro atoms. The van der Waals surface area contributed by atoms with Gasteiger partial charge in [-0.15, -0.1) is 0 Å². The van der Waals surface area contributed by atoms with Crippen molar-refractivity contribution in [1.29, 1.82) is 0 Å². The summed E-state index contributed by atoms with van der Waals surface area (Å²) in [7, 11) is -3.80. The monoisotopic (exact) mass is 442 g/mol. The van der Waals surface area contributed by atoms with E-state index < -0.39 is 26.4 Å². The summed E-state index contributed by atoms with van der Waals surface area (Å²) in [6.45, 7) is 4.26. The van der Waals surface area contributed by atoms with Crippen LogP contribution >= 0.6 is 0 Å². The van der Waals surface area contributed by atoms with Crippen molar-refractivity contribution in [2.24, 2.45) is 0 Å². The lowest BCUT2D eigenvalue weighted by molar-refractivity contribution is 0.0370. The number of ether oxygens (including phenoxy) is 2. The average Bonchev–Trinajstić information content (AvgIpc) is 2.66. The van der Waals surface area contributed by atoms with Crippen molar-refractivity contribution in [2.45, 2.75) is 24.0 Å². The van der Waals surface area contributed by atoms with E-state index in [9.17, 15) is 17.2 Å². The molecule has 2 atom stereocenters.